The van der Waals surface area contributed by atoms with Gasteiger partial charge >= 0.3 is 5.69 Å². The standard InChI is InChI=1S/C18H23FN6O3S2/c1-12-20-17(29-22-12)25-15-10-13(4-5-14(15)21-16(25)26)30(27,28)24(9-8-23(2)3)18(11-19)6-7-18/h4-5,10H,6-9,11H2,1-3H3,(H,21,26). The largest absolute Gasteiger partial charge is 0.332 e. The quantitative estimate of drug-likeness (QED) is 0.554. The molecule has 162 valence electrons. The summed E-state index contributed by atoms with van der Waals surface area (Å²) in [5.74, 6) is 0.522. The van der Waals surface area contributed by atoms with Crippen molar-refractivity contribution in [3.8, 4) is 5.13 Å². The fourth-order valence-electron chi connectivity index (χ4n) is 3.43. The molecular weight excluding hydrogens is 431 g/mol. The van der Waals surface area contributed by atoms with Crippen LogP contribution in [-0.2, 0) is 10.0 Å². The van der Waals surface area contributed by atoms with Gasteiger partial charge in [-0.1, -0.05) is 0 Å². The normalized spacial score (nSPS) is 16.1. The second kappa shape index (κ2) is 7.52. The van der Waals surface area contributed by atoms with E-state index in [1.807, 2.05) is 19.0 Å². The maximum atomic E-state index is 13.8. The number of nitrogens with one attached hydrogen (secondary N) is 1. The Balaban J connectivity index is 1.82. The Morgan fingerprint density at radius 3 is 2.60 bits per heavy atom. The molecule has 1 aliphatic rings. The fraction of sp³-hybridized carbons (Fsp3) is 0.500. The van der Waals surface area contributed by atoms with E-state index in [4.69, 9.17) is 0 Å². The Kier molecular flexibility index (Phi) is 5.29. The summed E-state index contributed by atoms with van der Waals surface area (Å²) in [4.78, 5) is 21.3. The van der Waals surface area contributed by atoms with Gasteiger partial charge in [-0.3, -0.25) is 0 Å². The Morgan fingerprint density at radius 2 is 2.03 bits per heavy atom. The number of benzene rings is 1. The molecule has 0 aliphatic heterocycles. The number of hydrogen-bond acceptors (Lipinski definition) is 7. The highest BCUT2D eigenvalue weighted by atomic mass is 32.2. The second-order valence-electron chi connectivity index (χ2n) is 7.81. The monoisotopic (exact) mass is 454 g/mol. The molecule has 1 aliphatic carbocycles. The van der Waals surface area contributed by atoms with Gasteiger partial charge in [0, 0.05) is 24.6 Å². The van der Waals surface area contributed by atoms with Gasteiger partial charge in [0.15, 0.2) is 0 Å². The maximum absolute atomic E-state index is 13.8. The minimum Gasteiger partial charge on any atom is -0.308 e. The number of likely N-dealkylation sites (N-methyl/N-ethyl adjacent to an activating group) is 1. The van der Waals surface area contributed by atoms with E-state index in [9.17, 15) is 17.6 Å². The maximum Gasteiger partial charge on any atom is 0.332 e. The van der Waals surface area contributed by atoms with Crippen LogP contribution < -0.4 is 5.69 Å². The van der Waals surface area contributed by atoms with Crippen molar-refractivity contribution in [2.24, 2.45) is 0 Å². The van der Waals surface area contributed by atoms with Gasteiger partial charge in [-0.2, -0.15) is 8.68 Å². The summed E-state index contributed by atoms with van der Waals surface area (Å²) in [6, 6.07) is 4.43. The molecule has 0 unspecified atom stereocenters. The first-order valence-corrected chi connectivity index (χ1v) is 11.7. The zero-order chi connectivity index (χ0) is 21.7. The molecule has 0 radical (unpaired) electrons. The molecule has 0 atom stereocenters. The van der Waals surface area contributed by atoms with E-state index >= 15 is 0 Å². The molecule has 0 bridgehead atoms. The summed E-state index contributed by atoms with van der Waals surface area (Å²) in [7, 11) is -0.292. The van der Waals surface area contributed by atoms with Crippen molar-refractivity contribution >= 4 is 32.6 Å². The number of aryl methyl sites for hydroxylation is 1. The van der Waals surface area contributed by atoms with Crippen LogP contribution in [0.2, 0.25) is 0 Å². The van der Waals surface area contributed by atoms with Crippen molar-refractivity contribution in [1.29, 1.82) is 0 Å². The van der Waals surface area contributed by atoms with Crippen molar-refractivity contribution in [2.45, 2.75) is 30.2 Å². The smallest absolute Gasteiger partial charge is 0.308 e. The lowest BCUT2D eigenvalue weighted by molar-refractivity contribution is 0.224. The number of aromatic nitrogens is 4. The average molecular weight is 455 g/mol. The number of sulfonamides is 1. The van der Waals surface area contributed by atoms with Crippen LogP contribution in [0.3, 0.4) is 0 Å². The third-order valence-electron chi connectivity index (χ3n) is 5.31. The predicted octanol–water partition coefficient (Wildman–Crippen LogP) is 1.53. The molecule has 30 heavy (non-hydrogen) atoms. The molecule has 1 aromatic carbocycles. The minimum atomic E-state index is -3.98. The molecule has 1 fully saturated rings. The van der Waals surface area contributed by atoms with Crippen LogP contribution in [0.4, 0.5) is 4.39 Å². The van der Waals surface area contributed by atoms with Crippen molar-refractivity contribution < 1.29 is 12.8 Å². The first-order valence-electron chi connectivity index (χ1n) is 9.47. The molecular formula is C18H23FN6O3S2. The molecule has 2 aromatic heterocycles. The van der Waals surface area contributed by atoms with Crippen molar-refractivity contribution in [3.05, 3.63) is 34.5 Å². The van der Waals surface area contributed by atoms with E-state index in [-0.39, 0.29) is 11.4 Å². The van der Waals surface area contributed by atoms with Gasteiger partial charge in [0.05, 0.1) is 21.5 Å². The van der Waals surface area contributed by atoms with Gasteiger partial charge in [0.2, 0.25) is 15.2 Å². The Morgan fingerprint density at radius 1 is 1.30 bits per heavy atom. The molecule has 4 rings (SSSR count). The molecule has 2 heterocycles. The Labute approximate surface area is 177 Å². The van der Waals surface area contributed by atoms with Gasteiger partial charge in [0.1, 0.15) is 12.5 Å². The number of fused-ring (bicyclic) bond motifs is 1. The Hall–Kier alpha value is -2.15. The number of nitrogens with zero attached hydrogens (tertiary/aromatic N) is 5. The number of rotatable bonds is 8. The van der Waals surface area contributed by atoms with Crippen molar-refractivity contribution in [1.82, 2.24) is 28.1 Å². The van der Waals surface area contributed by atoms with Crippen LogP contribution in [0.1, 0.15) is 18.7 Å². The van der Waals surface area contributed by atoms with E-state index < -0.39 is 27.9 Å². The van der Waals surface area contributed by atoms with Crippen LogP contribution in [0.25, 0.3) is 16.2 Å². The lowest BCUT2D eigenvalue weighted by atomic mass is 10.3. The van der Waals surface area contributed by atoms with E-state index in [2.05, 4.69) is 14.3 Å². The molecule has 0 amide bonds. The van der Waals surface area contributed by atoms with Crippen molar-refractivity contribution in [2.75, 3.05) is 33.9 Å². The van der Waals surface area contributed by atoms with Crippen LogP contribution in [0, 0.1) is 6.92 Å². The highest BCUT2D eigenvalue weighted by molar-refractivity contribution is 7.89. The first kappa shape index (κ1) is 21.1. The predicted molar refractivity (Wildman–Crippen MR) is 112 cm³/mol. The highest BCUT2D eigenvalue weighted by Gasteiger charge is 2.53. The zero-order valence-electron chi connectivity index (χ0n) is 16.9. The van der Waals surface area contributed by atoms with E-state index in [0.717, 1.165) is 11.5 Å². The number of alkyl halides is 1. The van der Waals surface area contributed by atoms with Crippen molar-refractivity contribution in [3.63, 3.8) is 0 Å². The number of hydrogen-bond donors (Lipinski definition) is 1. The highest BCUT2D eigenvalue weighted by Crippen LogP contribution is 2.45. The summed E-state index contributed by atoms with van der Waals surface area (Å²) in [6.45, 7) is 1.65. The Bertz CT molecular complexity index is 1240. The summed E-state index contributed by atoms with van der Waals surface area (Å²) >= 11 is 1.05. The molecule has 1 saturated carbocycles. The minimum absolute atomic E-state index is 0.0162. The lowest BCUT2D eigenvalue weighted by Gasteiger charge is -2.30. The molecule has 0 saturated heterocycles. The number of H-pyrrole nitrogens is 1. The van der Waals surface area contributed by atoms with Gasteiger partial charge in [-0.05, 0) is 52.1 Å². The molecule has 1 N–H and O–H groups in total. The number of imidazole rings is 1. The molecule has 12 heteroatoms. The summed E-state index contributed by atoms with van der Waals surface area (Å²) < 4.78 is 47.5. The SMILES string of the molecule is Cc1nsc(-n2c(=O)[nH]c3ccc(S(=O)(=O)N(CCN(C)C)C4(CF)CC4)cc32)n1. The van der Waals surface area contributed by atoms with E-state index in [1.54, 1.807) is 13.0 Å². The van der Waals surface area contributed by atoms with Crippen LogP contribution in [0.15, 0.2) is 27.9 Å². The van der Waals surface area contributed by atoms with Gasteiger partial charge in [-0.25, -0.2) is 27.2 Å². The number of halogens is 1. The lowest BCUT2D eigenvalue weighted by Crippen LogP contribution is -2.46. The van der Waals surface area contributed by atoms with Crippen LogP contribution in [0.5, 0.6) is 0 Å². The average Bonchev–Trinajstić information content (AvgIpc) is 3.24. The van der Waals surface area contributed by atoms with Gasteiger partial charge < -0.3 is 9.88 Å². The fourth-order valence-corrected chi connectivity index (χ4v) is 5.94. The third-order valence-corrected chi connectivity index (χ3v) is 8.10. The summed E-state index contributed by atoms with van der Waals surface area (Å²) in [5, 5.41) is 0.352. The summed E-state index contributed by atoms with van der Waals surface area (Å²) in [6.07, 6.45) is 0.995. The van der Waals surface area contributed by atoms with Crippen LogP contribution >= 0.6 is 11.5 Å². The second-order valence-corrected chi connectivity index (χ2v) is 10.4. The topological polar surface area (TPSA) is 104 Å². The first-order chi connectivity index (χ1) is 14.2. The molecule has 9 nitrogen and oxygen atoms in total. The number of aromatic amines is 1. The van der Waals surface area contributed by atoms with Gasteiger partial charge in [-0.15, -0.1) is 0 Å². The molecule has 0 spiro atoms. The van der Waals surface area contributed by atoms with E-state index in [0.29, 0.717) is 41.4 Å². The zero-order valence-corrected chi connectivity index (χ0v) is 18.6. The third kappa shape index (κ3) is 3.57. The van der Waals surface area contributed by atoms with Crippen LogP contribution in [-0.4, -0.2) is 75.9 Å². The van der Waals surface area contributed by atoms with E-state index in [1.165, 1.54) is 21.0 Å². The summed E-state index contributed by atoms with van der Waals surface area (Å²) in [5.41, 5.74) is -0.534. The molecule has 3 aromatic rings. The van der Waals surface area contributed by atoms with Gasteiger partial charge in [0.25, 0.3) is 0 Å².